The third-order valence-corrected chi connectivity index (χ3v) is 3.90. The van der Waals surface area contributed by atoms with Crippen LogP contribution in [0.3, 0.4) is 0 Å². The van der Waals surface area contributed by atoms with Crippen LogP contribution in [0.5, 0.6) is 0 Å². The van der Waals surface area contributed by atoms with Gasteiger partial charge in [-0.25, -0.2) is 5.48 Å². The van der Waals surface area contributed by atoms with Gasteiger partial charge in [-0.1, -0.05) is 23.2 Å². The molecule has 0 fully saturated rings. The maximum atomic E-state index is 11.3. The lowest BCUT2D eigenvalue weighted by Crippen LogP contribution is -2.20. The molecule has 0 spiro atoms. The number of hydroxylamine groups is 1. The summed E-state index contributed by atoms with van der Waals surface area (Å²) in [7, 11) is 0. The van der Waals surface area contributed by atoms with Crippen molar-refractivity contribution in [3.8, 4) is 0 Å². The molecule has 0 bridgehead atoms. The molecule has 0 aliphatic rings. The molecule has 5 heteroatoms. The van der Waals surface area contributed by atoms with Crippen LogP contribution in [-0.4, -0.2) is 15.7 Å². The van der Waals surface area contributed by atoms with Gasteiger partial charge in [0, 0.05) is 39.8 Å². The van der Waals surface area contributed by atoms with Gasteiger partial charge in [-0.3, -0.25) is 10.0 Å². The van der Waals surface area contributed by atoms with Gasteiger partial charge in [0.05, 0.1) is 0 Å². The minimum atomic E-state index is -0.397. The largest absolute Gasteiger partial charge is 0.340 e. The molecule has 3 rings (SSSR count). The Morgan fingerprint density at radius 3 is 2.57 bits per heavy atom. The Balaban J connectivity index is 2.22. The second kappa shape index (κ2) is 5.39. The van der Waals surface area contributed by atoms with Gasteiger partial charge in [-0.2, -0.15) is 0 Å². The number of amides is 1. The molecule has 4 nitrogen and oxygen atoms in total. The fourth-order valence-corrected chi connectivity index (χ4v) is 2.87. The molecule has 0 aliphatic heterocycles. The van der Waals surface area contributed by atoms with E-state index in [9.17, 15) is 4.79 Å². The van der Waals surface area contributed by atoms with E-state index in [1.807, 2.05) is 31.2 Å². The lowest BCUT2D eigenvalue weighted by atomic mass is 10.1. The molecule has 0 atom stereocenters. The van der Waals surface area contributed by atoms with Crippen LogP contribution in [0.4, 0.5) is 0 Å². The normalized spacial score (nSPS) is 11.2. The summed E-state index contributed by atoms with van der Waals surface area (Å²) >= 11 is 6.11. The monoisotopic (exact) mass is 302 g/mol. The van der Waals surface area contributed by atoms with E-state index in [1.165, 1.54) is 5.56 Å². The molecule has 0 saturated carbocycles. The van der Waals surface area contributed by atoms with Gasteiger partial charge in [0.25, 0.3) is 0 Å². The van der Waals surface area contributed by atoms with Crippen LogP contribution in [0, 0.1) is 6.92 Å². The molecule has 2 aromatic carbocycles. The smallest absolute Gasteiger partial charge is 0.245 e. The number of halogens is 1. The molecule has 0 radical (unpaired) electrons. The first kappa shape index (κ1) is 13.9. The molecule has 0 saturated heterocycles. The van der Waals surface area contributed by atoms with Crippen LogP contribution in [0.25, 0.3) is 21.8 Å². The first-order chi connectivity index (χ1) is 10.1. The second-order valence-electron chi connectivity index (χ2n) is 5.12. The minimum absolute atomic E-state index is 0.214. The number of aromatic nitrogens is 1. The molecule has 3 aromatic rings. The van der Waals surface area contributed by atoms with E-state index in [4.69, 9.17) is 16.8 Å². The predicted octanol–water partition coefficient (Wildman–Crippen LogP) is 3.65. The van der Waals surface area contributed by atoms with Crippen molar-refractivity contribution >= 4 is 39.3 Å². The van der Waals surface area contributed by atoms with Gasteiger partial charge in [-0.05, 0) is 37.3 Å². The zero-order chi connectivity index (χ0) is 15.0. The number of nitrogens with zero attached hydrogens (tertiary/aromatic N) is 1. The summed E-state index contributed by atoms with van der Waals surface area (Å²) in [6, 6.07) is 12.0. The van der Waals surface area contributed by atoms with Crippen LogP contribution in [-0.2, 0) is 11.3 Å². The van der Waals surface area contributed by atoms with Crippen molar-refractivity contribution in [1.82, 2.24) is 10.0 Å². The third kappa shape index (κ3) is 2.48. The zero-order valence-electron chi connectivity index (χ0n) is 11.6. The Morgan fingerprint density at radius 2 is 1.86 bits per heavy atom. The van der Waals surface area contributed by atoms with Gasteiger partial charge in [0.15, 0.2) is 0 Å². The zero-order valence-corrected chi connectivity index (χ0v) is 12.3. The summed E-state index contributed by atoms with van der Waals surface area (Å²) in [6.07, 6.45) is 0.214. The number of hydrogen-bond donors (Lipinski definition) is 2. The van der Waals surface area contributed by atoms with Crippen molar-refractivity contribution in [1.29, 1.82) is 0 Å². The van der Waals surface area contributed by atoms with Gasteiger partial charge in [0.1, 0.15) is 0 Å². The van der Waals surface area contributed by atoms with Crippen molar-refractivity contribution in [3.63, 3.8) is 0 Å². The lowest BCUT2D eigenvalue weighted by Gasteiger charge is -2.06. The topological polar surface area (TPSA) is 54.3 Å². The van der Waals surface area contributed by atoms with Crippen LogP contribution >= 0.6 is 11.6 Å². The highest BCUT2D eigenvalue weighted by atomic mass is 35.5. The fourth-order valence-electron chi connectivity index (χ4n) is 2.70. The Morgan fingerprint density at radius 1 is 1.19 bits per heavy atom. The summed E-state index contributed by atoms with van der Waals surface area (Å²) in [5.41, 5.74) is 4.94. The SMILES string of the molecule is Cc1ccc2c(c1)c1cc(Cl)ccc1n2CCC(=O)NO. The highest BCUT2D eigenvalue weighted by Gasteiger charge is 2.12. The van der Waals surface area contributed by atoms with E-state index in [-0.39, 0.29) is 6.42 Å². The molecule has 1 heterocycles. The summed E-state index contributed by atoms with van der Waals surface area (Å²) in [4.78, 5) is 11.3. The van der Waals surface area contributed by atoms with Crippen LogP contribution in [0.1, 0.15) is 12.0 Å². The predicted molar refractivity (Wildman–Crippen MR) is 83.7 cm³/mol. The molecule has 2 N–H and O–H groups in total. The summed E-state index contributed by atoms with van der Waals surface area (Å²) in [5, 5.41) is 11.5. The lowest BCUT2D eigenvalue weighted by molar-refractivity contribution is -0.129. The van der Waals surface area contributed by atoms with E-state index in [1.54, 1.807) is 5.48 Å². The number of carbonyl (C=O) groups excluding carboxylic acids is 1. The van der Waals surface area contributed by atoms with Gasteiger partial charge < -0.3 is 4.57 Å². The molecule has 1 amide bonds. The Labute approximate surface area is 126 Å². The molecule has 108 valence electrons. The summed E-state index contributed by atoms with van der Waals surface area (Å²) < 4.78 is 2.08. The number of hydrogen-bond acceptors (Lipinski definition) is 2. The number of fused-ring (bicyclic) bond motifs is 3. The second-order valence-corrected chi connectivity index (χ2v) is 5.56. The molecule has 0 unspecified atom stereocenters. The van der Waals surface area contributed by atoms with Crippen LogP contribution < -0.4 is 5.48 Å². The van der Waals surface area contributed by atoms with E-state index in [0.29, 0.717) is 11.6 Å². The summed E-state index contributed by atoms with van der Waals surface area (Å²) in [5.74, 6) is -0.397. The van der Waals surface area contributed by atoms with E-state index >= 15 is 0 Å². The first-order valence-electron chi connectivity index (χ1n) is 6.71. The number of aryl methyl sites for hydroxylation is 2. The molecule has 21 heavy (non-hydrogen) atoms. The number of rotatable bonds is 3. The maximum absolute atomic E-state index is 11.3. The first-order valence-corrected chi connectivity index (χ1v) is 7.09. The molecular weight excluding hydrogens is 288 g/mol. The summed E-state index contributed by atoms with van der Waals surface area (Å²) in [6.45, 7) is 2.55. The quantitative estimate of drug-likeness (QED) is 0.573. The number of nitrogens with one attached hydrogen (secondary N) is 1. The van der Waals surface area contributed by atoms with Crippen molar-refractivity contribution in [2.75, 3.05) is 0 Å². The molecule has 1 aromatic heterocycles. The molecule has 0 aliphatic carbocycles. The Kier molecular flexibility index (Phi) is 3.57. The average molecular weight is 303 g/mol. The van der Waals surface area contributed by atoms with Crippen molar-refractivity contribution in [3.05, 3.63) is 47.0 Å². The Bertz CT molecular complexity index is 780. The van der Waals surface area contributed by atoms with Gasteiger partial charge in [-0.15, -0.1) is 0 Å². The number of benzene rings is 2. The van der Waals surface area contributed by atoms with Crippen LogP contribution in [0.2, 0.25) is 5.02 Å². The van der Waals surface area contributed by atoms with E-state index in [0.717, 1.165) is 21.8 Å². The standard InChI is InChI=1S/C16H15ClN2O2/c1-10-2-4-14-12(8-10)13-9-11(17)3-5-15(13)19(14)7-6-16(20)18-21/h2-5,8-9,21H,6-7H2,1H3,(H,18,20). The molecular formula is C16H15ClN2O2. The van der Waals surface area contributed by atoms with Crippen molar-refractivity contribution in [2.24, 2.45) is 0 Å². The highest BCUT2D eigenvalue weighted by Crippen LogP contribution is 2.31. The highest BCUT2D eigenvalue weighted by molar-refractivity contribution is 6.31. The minimum Gasteiger partial charge on any atom is -0.340 e. The van der Waals surface area contributed by atoms with Crippen molar-refractivity contribution < 1.29 is 10.0 Å². The fraction of sp³-hybridized carbons (Fsp3) is 0.188. The van der Waals surface area contributed by atoms with E-state index < -0.39 is 5.91 Å². The average Bonchev–Trinajstić information content (AvgIpc) is 2.77. The van der Waals surface area contributed by atoms with Crippen LogP contribution in [0.15, 0.2) is 36.4 Å². The number of carbonyl (C=O) groups is 1. The van der Waals surface area contributed by atoms with Gasteiger partial charge >= 0.3 is 0 Å². The van der Waals surface area contributed by atoms with E-state index in [2.05, 4.69) is 16.7 Å². The third-order valence-electron chi connectivity index (χ3n) is 3.67. The Hall–Kier alpha value is -2.04. The maximum Gasteiger partial charge on any atom is 0.245 e. The van der Waals surface area contributed by atoms with Crippen molar-refractivity contribution in [2.45, 2.75) is 19.9 Å². The van der Waals surface area contributed by atoms with Gasteiger partial charge in [0.2, 0.25) is 5.91 Å².